The molecule has 8 heteroatoms. The van der Waals surface area contributed by atoms with Crippen LogP contribution >= 0.6 is 0 Å². The summed E-state index contributed by atoms with van der Waals surface area (Å²) in [5.74, 6) is -0.813. The van der Waals surface area contributed by atoms with Gasteiger partial charge in [0.15, 0.2) is 5.82 Å². The van der Waals surface area contributed by atoms with Crippen LogP contribution in [0.4, 0.5) is 26.4 Å². The number of amides is 2. The SMILES string of the molecule is CCC(NC(=O)OC(C)(C)C)C(=O)Nc1cc(F)cnc1Nc1ccccc1. The van der Waals surface area contributed by atoms with Crippen molar-refractivity contribution in [3.8, 4) is 0 Å². The predicted molar refractivity (Wildman–Crippen MR) is 106 cm³/mol. The van der Waals surface area contributed by atoms with Crippen LogP contribution in [0.15, 0.2) is 42.6 Å². The van der Waals surface area contributed by atoms with E-state index in [1.165, 1.54) is 0 Å². The third-order valence-corrected chi connectivity index (χ3v) is 3.56. The number of rotatable bonds is 6. The molecule has 2 amide bonds. The van der Waals surface area contributed by atoms with E-state index in [1.807, 2.05) is 30.3 Å². The molecule has 1 atom stereocenters. The van der Waals surface area contributed by atoms with Crippen LogP contribution in [0.5, 0.6) is 0 Å². The number of anilines is 3. The van der Waals surface area contributed by atoms with Crippen molar-refractivity contribution in [3.05, 3.63) is 48.4 Å². The average molecular weight is 388 g/mol. The van der Waals surface area contributed by atoms with Crippen molar-refractivity contribution in [2.24, 2.45) is 0 Å². The standard InChI is InChI=1S/C20H25FN4O3/c1-5-15(25-19(27)28-20(2,3)4)18(26)24-16-11-13(21)12-22-17(16)23-14-9-7-6-8-10-14/h6-12,15H,5H2,1-4H3,(H,22,23)(H,24,26)(H,25,27). The maximum Gasteiger partial charge on any atom is 0.408 e. The van der Waals surface area contributed by atoms with Crippen LogP contribution in [-0.2, 0) is 9.53 Å². The maximum atomic E-state index is 13.7. The Kier molecular flexibility index (Phi) is 6.92. The number of carbonyl (C=O) groups is 2. The smallest absolute Gasteiger partial charge is 0.408 e. The number of hydrogen-bond donors (Lipinski definition) is 3. The fraction of sp³-hybridized carbons (Fsp3) is 0.350. The summed E-state index contributed by atoms with van der Waals surface area (Å²) >= 11 is 0. The van der Waals surface area contributed by atoms with Gasteiger partial charge in [0.25, 0.3) is 0 Å². The number of nitrogens with one attached hydrogen (secondary N) is 3. The molecule has 0 aliphatic heterocycles. The van der Waals surface area contributed by atoms with Gasteiger partial charge >= 0.3 is 6.09 Å². The number of nitrogens with zero attached hydrogens (tertiary/aromatic N) is 1. The number of carbonyl (C=O) groups excluding carboxylic acids is 2. The molecule has 0 radical (unpaired) electrons. The van der Waals surface area contributed by atoms with Gasteiger partial charge in [-0.2, -0.15) is 0 Å². The molecule has 28 heavy (non-hydrogen) atoms. The summed E-state index contributed by atoms with van der Waals surface area (Å²) in [6.45, 7) is 6.93. The Labute approximate surface area is 163 Å². The molecular weight excluding hydrogens is 363 g/mol. The van der Waals surface area contributed by atoms with Gasteiger partial charge < -0.3 is 20.7 Å². The molecule has 1 aromatic heterocycles. The number of halogens is 1. The molecule has 0 aliphatic rings. The van der Waals surface area contributed by atoms with E-state index in [9.17, 15) is 14.0 Å². The quantitative estimate of drug-likeness (QED) is 0.689. The first kappa shape index (κ1) is 21.1. The number of hydrogen-bond acceptors (Lipinski definition) is 5. The zero-order valence-corrected chi connectivity index (χ0v) is 16.4. The molecular formula is C20H25FN4O3. The molecule has 150 valence electrons. The lowest BCUT2D eigenvalue weighted by Gasteiger charge is -2.23. The Bertz CT molecular complexity index is 822. The Morgan fingerprint density at radius 1 is 1.21 bits per heavy atom. The van der Waals surface area contributed by atoms with Crippen molar-refractivity contribution in [2.45, 2.75) is 45.8 Å². The van der Waals surface area contributed by atoms with Gasteiger partial charge in [0.2, 0.25) is 5.91 Å². The van der Waals surface area contributed by atoms with Crippen molar-refractivity contribution in [2.75, 3.05) is 10.6 Å². The summed E-state index contributed by atoms with van der Waals surface area (Å²) in [7, 11) is 0. The van der Waals surface area contributed by atoms with Crippen LogP contribution in [0.3, 0.4) is 0 Å². The van der Waals surface area contributed by atoms with Crippen molar-refractivity contribution < 1.29 is 18.7 Å². The molecule has 0 saturated heterocycles. The number of para-hydroxylation sites is 1. The Hall–Kier alpha value is -3.16. The van der Waals surface area contributed by atoms with E-state index < -0.39 is 29.5 Å². The van der Waals surface area contributed by atoms with Crippen LogP contribution in [0.2, 0.25) is 0 Å². The lowest BCUT2D eigenvalue weighted by molar-refractivity contribution is -0.118. The van der Waals surface area contributed by atoms with Crippen LogP contribution in [0.25, 0.3) is 0 Å². The van der Waals surface area contributed by atoms with Crippen molar-refractivity contribution in [3.63, 3.8) is 0 Å². The first-order chi connectivity index (χ1) is 13.2. The zero-order valence-electron chi connectivity index (χ0n) is 16.4. The van der Waals surface area contributed by atoms with Gasteiger partial charge in [-0.15, -0.1) is 0 Å². The first-order valence-electron chi connectivity index (χ1n) is 8.96. The van der Waals surface area contributed by atoms with E-state index in [0.717, 1.165) is 18.0 Å². The topological polar surface area (TPSA) is 92.3 Å². The second-order valence-corrected chi connectivity index (χ2v) is 7.14. The summed E-state index contributed by atoms with van der Waals surface area (Å²) in [6.07, 6.45) is 0.682. The third kappa shape index (κ3) is 6.53. The summed E-state index contributed by atoms with van der Waals surface area (Å²) in [4.78, 5) is 28.6. The normalized spacial score (nSPS) is 12.0. The largest absolute Gasteiger partial charge is 0.444 e. The molecule has 3 N–H and O–H groups in total. The first-order valence-corrected chi connectivity index (χ1v) is 8.96. The second-order valence-electron chi connectivity index (χ2n) is 7.14. The minimum Gasteiger partial charge on any atom is -0.444 e. The Balaban J connectivity index is 2.13. The molecule has 1 heterocycles. The van der Waals surface area contributed by atoms with Crippen LogP contribution in [-0.4, -0.2) is 28.6 Å². The second kappa shape index (κ2) is 9.16. The molecule has 0 spiro atoms. The van der Waals surface area contributed by atoms with E-state index in [4.69, 9.17) is 4.74 Å². The van der Waals surface area contributed by atoms with Crippen LogP contribution in [0.1, 0.15) is 34.1 Å². The molecule has 2 rings (SSSR count). The van der Waals surface area contributed by atoms with E-state index in [1.54, 1.807) is 27.7 Å². The average Bonchev–Trinajstić information content (AvgIpc) is 2.61. The third-order valence-electron chi connectivity index (χ3n) is 3.56. The molecule has 7 nitrogen and oxygen atoms in total. The van der Waals surface area contributed by atoms with Gasteiger partial charge in [-0.3, -0.25) is 4.79 Å². The summed E-state index contributed by atoms with van der Waals surface area (Å²) in [5, 5.41) is 8.17. The molecule has 2 aromatic rings. The van der Waals surface area contributed by atoms with Crippen molar-refractivity contribution >= 4 is 29.2 Å². The highest BCUT2D eigenvalue weighted by Gasteiger charge is 2.24. The molecule has 0 saturated carbocycles. The van der Waals surface area contributed by atoms with Gasteiger partial charge in [-0.25, -0.2) is 14.2 Å². The minimum atomic E-state index is -0.845. The molecule has 0 bridgehead atoms. The highest BCUT2D eigenvalue weighted by molar-refractivity contribution is 5.98. The highest BCUT2D eigenvalue weighted by atomic mass is 19.1. The fourth-order valence-electron chi connectivity index (χ4n) is 2.32. The monoisotopic (exact) mass is 388 g/mol. The van der Waals surface area contributed by atoms with E-state index in [2.05, 4.69) is 20.9 Å². The van der Waals surface area contributed by atoms with Crippen molar-refractivity contribution in [1.82, 2.24) is 10.3 Å². The van der Waals surface area contributed by atoms with E-state index in [0.29, 0.717) is 6.42 Å². The summed E-state index contributed by atoms with van der Waals surface area (Å²) in [6, 6.07) is 9.48. The Morgan fingerprint density at radius 2 is 1.89 bits per heavy atom. The number of ether oxygens (including phenoxy) is 1. The van der Waals surface area contributed by atoms with Gasteiger partial charge in [0.05, 0.1) is 11.9 Å². The summed E-state index contributed by atoms with van der Waals surface area (Å²) in [5.41, 5.74) is 0.215. The highest BCUT2D eigenvalue weighted by Crippen LogP contribution is 2.24. The number of alkyl carbamates (subject to hydrolysis) is 1. The van der Waals surface area contributed by atoms with Gasteiger partial charge in [0.1, 0.15) is 17.5 Å². The summed E-state index contributed by atoms with van der Waals surface area (Å²) < 4.78 is 18.9. The van der Waals surface area contributed by atoms with Crippen molar-refractivity contribution in [1.29, 1.82) is 0 Å². The van der Waals surface area contributed by atoms with Crippen LogP contribution < -0.4 is 16.0 Å². The predicted octanol–water partition coefficient (Wildman–Crippen LogP) is 4.21. The Morgan fingerprint density at radius 3 is 2.50 bits per heavy atom. The maximum absolute atomic E-state index is 13.7. The van der Waals surface area contributed by atoms with Gasteiger partial charge in [0, 0.05) is 11.8 Å². The van der Waals surface area contributed by atoms with Crippen LogP contribution in [0, 0.1) is 5.82 Å². The van der Waals surface area contributed by atoms with Gasteiger partial charge in [-0.1, -0.05) is 25.1 Å². The number of aromatic nitrogens is 1. The number of pyridine rings is 1. The zero-order chi connectivity index (χ0) is 20.7. The fourth-order valence-corrected chi connectivity index (χ4v) is 2.32. The van der Waals surface area contributed by atoms with E-state index >= 15 is 0 Å². The molecule has 1 aromatic carbocycles. The minimum absolute atomic E-state index is 0.165. The number of benzene rings is 1. The molecule has 0 aliphatic carbocycles. The lowest BCUT2D eigenvalue weighted by Crippen LogP contribution is -2.45. The van der Waals surface area contributed by atoms with Gasteiger partial charge in [-0.05, 0) is 39.3 Å². The molecule has 1 unspecified atom stereocenters. The molecule has 0 fully saturated rings. The lowest BCUT2D eigenvalue weighted by atomic mass is 10.2. The van der Waals surface area contributed by atoms with E-state index in [-0.39, 0.29) is 11.5 Å².